The van der Waals surface area contributed by atoms with Crippen LogP contribution in [-0.2, 0) is 11.2 Å². The van der Waals surface area contributed by atoms with E-state index < -0.39 is 0 Å². The van der Waals surface area contributed by atoms with Crippen LogP contribution in [-0.4, -0.2) is 44.7 Å². The van der Waals surface area contributed by atoms with E-state index in [2.05, 4.69) is 10.2 Å². The van der Waals surface area contributed by atoms with E-state index in [-0.39, 0.29) is 11.5 Å². The van der Waals surface area contributed by atoms with Gasteiger partial charge in [-0.05, 0) is 37.0 Å². The van der Waals surface area contributed by atoms with Gasteiger partial charge in [-0.25, -0.2) is 0 Å². The van der Waals surface area contributed by atoms with E-state index in [4.69, 9.17) is 9.47 Å². The van der Waals surface area contributed by atoms with E-state index in [1.807, 2.05) is 24.3 Å². The van der Waals surface area contributed by atoms with Gasteiger partial charge in [0, 0.05) is 25.8 Å². The highest BCUT2D eigenvalue weighted by Crippen LogP contribution is 2.27. The zero-order chi connectivity index (χ0) is 18.8. The van der Waals surface area contributed by atoms with E-state index in [9.17, 15) is 10.1 Å². The molecular formula is C20H27N3O3. The first-order valence-electron chi connectivity index (χ1n) is 9.03. The molecule has 1 N–H and O–H groups in total. The van der Waals surface area contributed by atoms with Crippen molar-refractivity contribution in [2.24, 2.45) is 0 Å². The van der Waals surface area contributed by atoms with E-state index >= 15 is 0 Å². The van der Waals surface area contributed by atoms with Gasteiger partial charge in [-0.15, -0.1) is 0 Å². The number of rotatable bonds is 7. The first kappa shape index (κ1) is 19.6. The molecule has 2 rings (SSSR count). The fraction of sp³-hybridized carbons (Fsp3) is 0.500. The highest BCUT2D eigenvalue weighted by molar-refractivity contribution is 5.97. The molecule has 1 aliphatic rings. The molecule has 1 saturated heterocycles. The fourth-order valence-corrected chi connectivity index (χ4v) is 3.00. The molecule has 0 bridgehead atoms. The number of likely N-dealkylation sites (tertiary alicyclic amines) is 1. The molecule has 26 heavy (non-hydrogen) atoms. The quantitative estimate of drug-likeness (QED) is 0.600. The summed E-state index contributed by atoms with van der Waals surface area (Å²) in [5, 5.41) is 12.1. The van der Waals surface area contributed by atoms with Gasteiger partial charge in [0.1, 0.15) is 11.6 Å². The van der Waals surface area contributed by atoms with Gasteiger partial charge < -0.3 is 19.7 Å². The van der Waals surface area contributed by atoms with Crippen molar-refractivity contribution in [3.8, 4) is 17.6 Å². The van der Waals surface area contributed by atoms with Crippen molar-refractivity contribution in [1.29, 1.82) is 5.26 Å². The second-order valence-electron chi connectivity index (χ2n) is 6.30. The van der Waals surface area contributed by atoms with Crippen LogP contribution in [0.2, 0.25) is 0 Å². The average molecular weight is 357 g/mol. The van der Waals surface area contributed by atoms with Gasteiger partial charge in [0.15, 0.2) is 11.5 Å². The van der Waals surface area contributed by atoms with Crippen LogP contribution in [0.5, 0.6) is 11.5 Å². The van der Waals surface area contributed by atoms with Crippen LogP contribution in [0.15, 0.2) is 30.0 Å². The van der Waals surface area contributed by atoms with Crippen molar-refractivity contribution in [1.82, 2.24) is 10.2 Å². The summed E-state index contributed by atoms with van der Waals surface area (Å²) in [5.41, 5.74) is 1.19. The summed E-state index contributed by atoms with van der Waals surface area (Å²) in [6.07, 6.45) is 6.99. The molecule has 1 heterocycles. The third-order valence-electron chi connectivity index (χ3n) is 4.46. The Labute approximate surface area is 155 Å². The molecule has 0 spiro atoms. The van der Waals surface area contributed by atoms with E-state index in [0.717, 1.165) is 31.5 Å². The van der Waals surface area contributed by atoms with Crippen LogP contribution < -0.4 is 14.8 Å². The molecule has 0 saturated carbocycles. The predicted octanol–water partition coefficient (Wildman–Crippen LogP) is 2.65. The van der Waals surface area contributed by atoms with Crippen molar-refractivity contribution in [3.05, 3.63) is 35.5 Å². The first-order chi connectivity index (χ1) is 12.7. The van der Waals surface area contributed by atoms with Gasteiger partial charge in [-0.3, -0.25) is 4.79 Å². The SMILES string of the molecule is COc1ccc(CCNC(=O)/C(C#N)=C\N2CCCCCC2)cc1OC. The lowest BCUT2D eigenvalue weighted by atomic mass is 10.1. The standard InChI is InChI=1S/C20H27N3O3/c1-25-18-8-7-16(13-19(18)26-2)9-10-22-20(24)17(14-21)15-23-11-5-3-4-6-12-23/h7-8,13,15H,3-6,9-12H2,1-2H3,(H,22,24)/b17-15-. The number of benzene rings is 1. The number of ether oxygens (including phenoxy) is 2. The topological polar surface area (TPSA) is 74.6 Å². The van der Waals surface area contributed by atoms with Crippen LogP contribution in [0.1, 0.15) is 31.2 Å². The molecule has 1 amide bonds. The first-order valence-corrected chi connectivity index (χ1v) is 9.03. The average Bonchev–Trinajstić information content (AvgIpc) is 2.94. The number of methoxy groups -OCH3 is 2. The molecule has 140 valence electrons. The zero-order valence-electron chi connectivity index (χ0n) is 15.6. The molecule has 0 atom stereocenters. The van der Waals surface area contributed by atoms with Crippen LogP contribution in [0.3, 0.4) is 0 Å². The number of hydrogen-bond acceptors (Lipinski definition) is 5. The van der Waals surface area contributed by atoms with Gasteiger partial charge in [0.05, 0.1) is 14.2 Å². The van der Waals surface area contributed by atoms with Gasteiger partial charge in [0.2, 0.25) is 0 Å². The molecular weight excluding hydrogens is 330 g/mol. The molecule has 1 aromatic carbocycles. The van der Waals surface area contributed by atoms with Crippen molar-refractivity contribution < 1.29 is 14.3 Å². The van der Waals surface area contributed by atoms with Gasteiger partial charge in [0.25, 0.3) is 5.91 Å². The molecule has 0 aromatic heterocycles. The second kappa shape index (κ2) is 10.3. The lowest BCUT2D eigenvalue weighted by Gasteiger charge is -2.17. The normalized spacial score (nSPS) is 15.0. The molecule has 1 aromatic rings. The number of hydrogen-bond donors (Lipinski definition) is 1. The molecule has 0 aliphatic carbocycles. The lowest BCUT2D eigenvalue weighted by molar-refractivity contribution is -0.117. The summed E-state index contributed by atoms with van der Waals surface area (Å²) in [5.74, 6) is 1.01. The Morgan fingerprint density at radius 2 is 1.88 bits per heavy atom. The third-order valence-corrected chi connectivity index (χ3v) is 4.46. The Hall–Kier alpha value is -2.68. The fourth-order valence-electron chi connectivity index (χ4n) is 3.00. The summed E-state index contributed by atoms with van der Waals surface area (Å²) in [6, 6.07) is 7.69. The van der Waals surface area contributed by atoms with E-state index in [1.165, 1.54) is 12.8 Å². The summed E-state index contributed by atoms with van der Waals surface area (Å²) in [7, 11) is 3.19. The highest BCUT2D eigenvalue weighted by Gasteiger charge is 2.12. The minimum Gasteiger partial charge on any atom is -0.493 e. The number of amides is 1. The predicted molar refractivity (Wildman–Crippen MR) is 100.0 cm³/mol. The molecule has 0 radical (unpaired) electrons. The maximum Gasteiger partial charge on any atom is 0.263 e. The van der Waals surface area contributed by atoms with Crippen LogP contribution in [0.25, 0.3) is 0 Å². The van der Waals surface area contributed by atoms with Gasteiger partial charge >= 0.3 is 0 Å². The minimum atomic E-state index is -0.322. The maximum absolute atomic E-state index is 12.3. The van der Waals surface area contributed by atoms with E-state index in [1.54, 1.807) is 20.4 Å². The minimum absolute atomic E-state index is 0.166. The summed E-state index contributed by atoms with van der Waals surface area (Å²) in [4.78, 5) is 14.4. The number of nitriles is 1. The Kier molecular flexibility index (Phi) is 7.81. The second-order valence-corrected chi connectivity index (χ2v) is 6.30. The lowest BCUT2D eigenvalue weighted by Crippen LogP contribution is -2.28. The molecule has 6 heteroatoms. The number of carbonyl (C=O) groups excluding carboxylic acids is 1. The highest BCUT2D eigenvalue weighted by atomic mass is 16.5. The maximum atomic E-state index is 12.3. The zero-order valence-corrected chi connectivity index (χ0v) is 15.6. The molecule has 6 nitrogen and oxygen atoms in total. The number of nitrogens with zero attached hydrogens (tertiary/aromatic N) is 2. The van der Waals surface area contributed by atoms with Gasteiger partial charge in [-0.2, -0.15) is 5.26 Å². The van der Waals surface area contributed by atoms with Crippen molar-refractivity contribution in [3.63, 3.8) is 0 Å². The third kappa shape index (κ3) is 5.69. The molecule has 1 fully saturated rings. The van der Waals surface area contributed by atoms with Gasteiger partial charge in [-0.1, -0.05) is 18.9 Å². The Morgan fingerprint density at radius 3 is 2.50 bits per heavy atom. The van der Waals surface area contributed by atoms with Crippen LogP contribution >= 0.6 is 0 Å². The van der Waals surface area contributed by atoms with Crippen molar-refractivity contribution in [2.45, 2.75) is 32.1 Å². The smallest absolute Gasteiger partial charge is 0.263 e. The Bertz CT molecular complexity index is 671. The van der Waals surface area contributed by atoms with Crippen LogP contribution in [0, 0.1) is 11.3 Å². The Balaban J connectivity index is 1.89. The monoisotopic (exact) mass is 357 g/mol. The molecule has 0 unspecified atom stereocenters. The number of carbonyl (C=O) groups is 1. The molecule has 1 aliphatic heterocycles. The summed E-state index contributed by atoms with van der Waals surface area (Å²) >= 11 is 0. The van der Waals surface area contributed by atoms with E-state index in [0.29, 0.717) is 24.5 Å². The largest absolute Gasteiger partial charge is 0.493 e. The van der Waals surface area contributed by atoms with Crippen molar-refractivity contribution in [2.75, 3.05) is 33.9 Å². The summed E-state index contributed by atoms with van der Waals surface area (Å²) < 4.78 is 10.5. The Morgan fingerprint density at radius 1 is 1.19 bits per heavy atom. The summed E-state index contributed by atoms with van der Waals surface area (Å²) in [6.45, 7) is 2.27. The van der Waals surface area contributed by atoms with Crippen LogP contribution in [0.4, 0.5) is 0 Å². The van der Waals surface area contributed by atoms with Crippen molar-refractivity contribution >= 4 is 5.91 Å². The number of nitrogens with one attached hydrogen (secondary N) is 1.